The number of hydrogen-bond donors (Lipinski definition) is 1. The van der Waals surface area contributed by atoms with Gasteiger partial charge in [0.1, 0.15) is 30.9 Å². The van der Waals surface area contributed by atoms with Gasteiger partial charge in [0, 0.05) is 19.5 Å². The number of methoxy groups -OCH3 is 3. The van der Waals surface area contributed by atoms with Crippen LogP contribution in [0.2, 0.25) is 5.02 Å². The summed E-state index contributed by atoms with van der Waals surface area (Å²) in [4.78, 5) is 15.9. The zero-order valence-corrected chi connectivity index (χ0v) is 21.9. The Bertz CT molecular complexity index is 1320. The van der Waals surface area contributed by atoms with Gasteiger partial charge in [0.25, 0.3) is 0 Å². The van der Waals surface area contributed by atoms with Gasteiger partial charge in [-0.25, -0.2) is 18.4 Å². The summed E-state index contributed by atoms with van der Waals surface area (Å²) < 4.78 is 88.5. The molecule has 0 aromatic carbocycles. The van der Waals surface area contributed by atoms with Gasteiger partial charge in [0.05, 0.1) is 19.2 Å². The second-order valence-corrected chi connectivity index (χ2v) is 9.87. The minimum absolute atomic E-state index is 0.0391. The van der Waals surface area contributed by atoms with Gasteiger partial charge in [-0.1, -0.05) is 11.6 Å². The standard InChI is InChI=1S/C19H22ClF3N8O6S/c1-10(14(34-2)15-24-5-11(20)6-25-15)38(32,33)30-18-29-28-12(7-37-8-19(21,22)23)31(18)13-16(35-3)26-9-27-17(13)36-4/h5-6,9-10,14H,7-8H2,1-4H3,(H,29,30). The maximum atomic E-state index is 13.4. The van der Waals surface area contributed by atoms with Crippen LogP contribution in [0.1, 0.15) is 24.7 Å². The van der Waals surface area contributed by atoms with Crippen LogP contribution in [0.15, 0.2) is 18.7 Å². The fraction of sp³-hybridized carbons (Fsp3) is 0.474. The fourth-order valence-corrected chi connectivity index (χ4v) is 4.39. The number of halogens is 4. The molecule has 0 aliphatic carbocycles. The van der Waals surface area contributed by atoms with Crippen LogP contribution in [0.4, 0.5) is 19.1 Å². The second kappa shape index (κ2) is 12.0. The summed E-state index contributed by atoms with van der Waals surface area (Å²) in [5, 5.41) is 6.53. The highest BCUT2D eigenvalue weighted by Crippen LogP contribution is 2.33. The molecule has 0 saturated heterocycles. The van der Waals surface area contributed by atoms with Crippen molar-refractivity contribution in [2.45, 2.75) is 31.1 Å². The van der Waals surface area contributed by atoms with Gasteiger partial charge in [-0.05, 0) is 6.92 Å². The quantitative estimate of drug-likeness (QED) is 0.331. The smallest absolute Gasteiger partial charge is 0.411 e. The van der Waals surface area contributed by atoms with E-state index in [0.717, 1.165) is 10.9 Å². The number of ether oxygens (including phenoxy) is 4. The first-order chi connectivity index (χ1) is 17.9. The summed E-state index contributed by atoms with van der Waals surface area (Å²) in [5.74, 6) is -0.883. The Morgan fingerprint density at radius 1 is 1.05 bits per heavy atom. The van der Waals surface area contributed by atoms with Crippen molar-refractivity contribution in [3.63, 3.8) is 0 Å². The third-order valence-corrected chi connectivity index (χ3v) is 6.78. The normalized spacial score (nSPS) is 13.7. The molecule has 3 aromatic rings. The molecule has 3 aromatic heterocycles. The first-order valence-corrected chi connectivity index (χ1v) is 12.4. The zero-order valence-electron chi connectivity index (χ0n) is 20.3. The summed E-state index contributed by atoms with van der Waals surface area (Å²) in [6, 6.07) is 0. The first-order valence-electron chi connectivity index (χ1n) is 10.5. The monoisotopic (exact) mass is 582 g/mol. The average Bonchev–Trinajstić information content (AvgIpc) is 3.24. The second-order valence-electron chi connectivity index (χ2n) is 7.39. The van der Waals surface area contributed by atoms with Crippen molar-refractivity contribution in [1.82, 2.24) is 34.7 Å². The molecule has 208 valence electrons. The first kappa shape index (κ1) is 29.2. The number of sulfonamides is 1. The van der Waals surface area contributed by atoms with Crippen molar-refractivity contribution in [2.75, 3.05) is 32.7 Å². The van der Waals surface area contributed by atoms with E-state index in [1.54, 1.807) is 0 Å². The van der Waals surface area contributed by atoms with Crippen LogP contribution < -0.4 is 14.2 Å². The molecule has 0 amide bonds. The third-order valence-electron chi connectivity index (χ3n) is 4.89. The SMILES string of the molecule is COc1ncnc(OC)c1-n1c(COCC(F)(F)F)nnc1NS(=O)(=O)C(C)C(OC)c1ncc(Cl)cn1. The van der Waals surface area contributed by atoms with E-state index < -0.39 is 46.7 Å². The van der Waals surface area contributed by atoms with Crippen molar-refractivity contribution in [2.24, 2.45) is 0 Å². The lowest BCUT2D eigenvalue weighted by atomic mass is 10.2. The number of nitrogens with zero attached hydrogens (tertiary/aromatic N) is 7. The molecule has 0 radical (unpaired) electrons. The lowest BCUT2D eigenvalue weighted by molar-refractivity contribution is -0.177. The van der Waals surface area contributed by atoms with Crippen molar-refractivity contribution in [3.8, 4) is 17.4 Å². The summed E-state index contributed by atoms with van der Waals surface area (Å²) in [6.07, 6.45) is -2.09. The van der Waals surface area contributed by atoms with Gasteiger partial charge in [-0.3, -0.25) is 9.29 Å². The maximum absolute atomic E-state index is 13.4. The van der Waals surface area contributed by atoms with Crippen LogP contribution in [0, 0.1) is 0 Å². The molecule has 0 spiro atoms. The van der Waals surface area contributed by atoms with Crippen LogP contribution in [0.5, 0.6) is 11.8 Å². The van der Waals surface area contributed by atoms with Crippen LogP contribution in [-0.2, 0) is 26.1 Å². The van der Waals surface area contributed by atoms with E-state index in [1.807, 2.05) is 0 Å². The van der Waals surface area contributed by atoms with Gasteiger partial charge in [0.2, 0.25) is 27.7 Å². The van der Waals surface area contributed by atoms with E-state index in [2.05, 4.69) is 34.9 Å². The number of nitrogens with one attached hydrogen (secondary N) is 1. The minimum Gasteiger partial charge on any atom is -0.479 e. The van der Waals surface area contributed by atoms with Gasteiger partial charge < -0.3 is 18.9 Å². The minimum atomic E-state index is -4.62. The van der Waals surface area contributed by atoms with Crippen molar-refractivity contribution in [1.29, 1.82) is 0 Å². The summed E-state index contributed by atoms with van der Waals surface area (Å²) in [5.41, 5.74) is -0.0946. The molecule has 2 atom stereocenters. The van der Waals surface area contributed by atoms with Crippen LogP contribution in [0.25, 0.3) is 5.69 Å². The van der Waals surface area contributed by atoms with Crippen LogP contribution in [0.3, 0.4) is 0 Å². The number of hydrogen-bond acceptors (Lipinski definition) is 12. The van der Waals surface area contributed by atoms with Gasteiger partial charge >= 0.3 is 6.18 Å². The average molecular weight is 583 g/mol. The zero-order chi connectivity index (χ0) is 28.1. The summed E-state index contributed by atoms with van der Waals surface area (Å²) >= 11 is 5.81. The largest absolute Gasteiger partial charge is 0.479 e. The van der Waals surface area contributed by atoms with Crippen molar-refractivity contribution >= 4 is 27.6 Å². The molecule has 3 rings (SSSR count). The number of alkyl halides is 3. The Balaban J connectivity index is 2.05. The fourth-order valence-electron chi connectivity index (χ4n) is 3.17. The molecular weight excluding hydrogens is 561 g/mol. The highest BCUT2D eigenvalue weighted by Gasteiger charge is 2.35. The Morgan fingerprint density at radius 2 is 1.66 bits per heavy atom. The molecular formula is C19H22ClF3N8O6S. The molecule has 0 aliphatic rings. The molecule has 0 fully saturated rings. The van der Waals surface area contributed by atoms with Crippen molar-refractivity contribution in [3.05, 3.63) is 35.4 Å². The van der Waals surface area contributed by atoms with E-state index in [9.17, 15) is 21.6 Å². The lowest BCUT2D eigenvalue weighted by Gasteiger charge is -2.22. The molecule has 38 heavy (non-hydrogen) atoms. The molecule has 0 bridgehead atoms. The van der Waals surface area contributed by atoms with Crippen LogP contribution >= 0.6 is 11.6 Å². The van der Waals surface area contributed by atoms with E-state index in [1.165, 1.54) is 40.6 Å². The molecule has 19 heteroatoms. The highest BCUT2D eigenvalue weighted by atomic mass is 35.5. The lowest BCUT2D eigenvalue weighted by Crippen LogP contribution is -2.33. The van der Waals surface area contributed by atoms with Gasteiger partial charge in [-0.2, -0.15) is 23.1 Å². The van der Waals surface area contributed by atoms with Gasteiger partial charge in [0.15, 0.2) is 17.3 Å². The Labute approximate surface area is 219 Å². The number of rotatable bonds is 12. The Kier molecular flexibility index (Phi) is 9.23. The van der Waals surface area contributed by atoms with E-state index in [4.69, 9.17) is 30.5 Å². The summed E-state index contributed by atoms with van der Waals surface area (Å²) in [6.45, 7) is -0.978. The molecule has 0 saturated carbocycles. The Morgan fingerprint density at radius 3 is 2.18 bits per heavy atom. The molecule has 14 nitrogen and oxygen atoms in total. The molecule has 3 heterocycles. The number of anilines is 1. The van der Waals surface area contributed by atoms with E-state index in [-0.39, 0.29) is 34.1 Å². The van der Waals surface area contributed by atoms with Crippen molar-refractivity contribution < 1.29 is 40.5 Å². The topological polar surface area (TPSA) is 165 Å². The maximum Gasteiger partial charge on any atom is 0.411 e. The predicted molar refractivity (Wildman–Crippen MR) is 125 cm³/mol. The molecule has 1 N–H and O–H groups in total. The Hall–Kier alpha value is -3.35. The van der Waals surface area contributed by atoms with E-state index in [0.29, 0.717) is 0 Å². The molecule has 0 aliphatic heterocycles. The molecule has 2 unspecified atom stereocenters. The highest BCUT2D eigenvalue weighted by molar-refractivity contribution is 7.93. The van der Waals surface area contributed by atoms with E-state index >= 15 is 0 Å². The van der Waals surface area contributed by atoms with Crippen LogP contribution in [-0.4, -0.2) is 82.5 Å². The van der Waals surface area contributed by atoms with Gasteiger partial charge in [-0.15, -0.1) is 10.2 Å². The third kappa shape index (κ3) is 6.74. The number of aromatic nitrogens is 7. The predicted octanol–water partition coefficient (Wildman–Crippen LogP) is 2.11. The summed E-state index contributed by atoms with van der Waals surface area (Å²) in [7, 11) is -0.548.